The normalized spacial score (nSPS) is 21.6. The predicted molar refractivity (Wildman–Crippen MR) is 212 cm³/mol. The van der Waals surface area contributed by atoms with E-state index in [1.807, 2.05) is 0 Å². The average Bonchev–Trinajstić information content (AvgIpc) is 3.16. The van der Waals surface area contributed by atoms with Crippen molar-refractivity contribution in [3.05, 3.63) is 107 Å². The molecular formula is C48H70O2. The Labute approximate surface area is 307 Å². The van der Waals surface area contributed by atoms with Gasteiger partial charge in [0.1, 0.15) is 6.10 Å². The molecule has 2 nitrogen and oxygen atoms in total. The van der Waals surface area contributed by atoms with Crippen molar-refractivity contribution < 1.29 is 9.47 Å². The minimum Gasteiger partial charge on any atom is -0.374 e. The molecule has 0 aromatic heterocycles. The monoisotopic (exact) mass is 679 g/mol. The van der Waals surface area contributed by atoms with Gasteiger partial charge >= 0.3 is 0 Å². The average molecular weight is 679 g/mol. The van der Waals surface area contributed by atoms with Crippen molar-refractivity contribution in [3.8, 4) is 0 Å². The first-order chi connectivity index (χ1) is 24.7. The first-order valence-corrected chi connectivity index (χ1v) is 21.1. The largest absolute Gasteiger partial charge is 0.374 e. The van der Waals surface area contributed by atoms with Crippen LogP contribution in [0.3, 0.4) is 0 Å². The first-order valence-electron chi connectivity index (χ1n) is 21.1. The minimum absolute atomic E-state index is 0.0890. The Morgan fingerprint density at radius 3 is 1.36 bits per heavy atom. The molecule has 274 valence electrons. The number of hydrogen-bond acceptors (Lipinski definition) is 2. The summed E-state index contributed by atoms with van der Waals surface area (Å²) in [6, 6.07) is 28.8. The van der Waals surface area contributed by atoms with Crippen LogP contribution < -0.4 is 0 Å². The van der Waals surface area contributed by atoms with Crippen LogP contribution in [0.1, 0.15) is 163 Å². The van der Waals surface area contributed by atoms with Gasteiger partial charge in [0.05, 0.1) is 19.8 Å². The Hall–Kier alpha value is -2.42. The molecule has 0 radical (unpaired) electrons. The molecule has 0 amide bonds. The van der Waals surface area contributed by atoms with E-state index in [4.69, 9.17) is 9.47 Å². The van der Waals surface area contributed by atoms with E-state index < -0.39 is 0 Å². The van der Waals surface area contributed by atoms with E-state index in [1.165, 1.54) is 156 Å². The zero-order valence-corrected chi connectivity index (χ0v) is 32.0. The zero-order valence-electron chi connectivity index (χ0n) is 32.0. The smallest absolute Gasteiger partial charge is 0.106 e. The van der Waals surface area contributed by atoms with Crippen LogP contribution in [0.4, 0.5) is 0 Å². The third kappa shape index (κ3) is 14.0. The Morgan fingerprint density at radius 1 is 0.480 bits per heavy atom. The molecule has 0 spiro atoms. The lowest BCUT2D eigenvalue weighted by Crippen LogP contribution is -2.14. The summed E-state index contributed by atoms with van der Waals surface area (Å²) >= 11 is 0. The zero-order chi connectivity index (χ0) is 34.6. The molecule has 2 aliphatic carbocycles. The number of aryl methyl sites for hydroxylation is 2. The van der Waals surface area contributed by atoms with Crippen molar-refractivity contribution in [1.82, 2.24) is 0 Å². The van der Waals surface area contributed by atoms with Gasteiger partial charge in [0, 0.05) is 0 Å². The summed E-state index contributed by atoms with van der Waals surface area (Å²) in [5, 5.41) is 0. The van der Waals surface area contributed by atoms with E-state index in [-0.39, 0.29) is 6.10 Å². The van der Waals surface area contributed by atoms with E-state index in [1.54, 1.807) is 0 Å². The highest BCUT2D eigenvalue weighted by atomic mass is 16.5. The minimum atomic E-state index is -0.0890. The molecule has 2 heteroatoms. The second kappa shape index (κ2) is 22.5. The molecule has 5 rings (SSSR count). The van der Waals surface area contributed by atoms with Crippen molar-refractivity contribution in [2.45, 2.75) is 162 Å². The van der Waals surface area contributed by atoms with Gasteiger partial charge in [-0.15, -0.1) is 0 Å². The standard InChI is InChI=1S/C48H70O2/c1-3-12-39-20-24-41(25-21-39)14-8-10-16-43-28-32-45(33-29-43)36-49-38-48(47-18-6-5-7-19-47)50-37-46-34-30-44(31-35-46)17-11-9-15-42-26-22-40(13-4-2)23-27-42/h5-7,18-19,28-35,39-42,48H,3-4,8-17,20-27,36-38H2,1-2H3/t39-,40-,41-,42-,48-/m0/s1. The highest BCUT2D eigenvalue weighted by Gasteiger charge is 2.21. The van der Waals surface area contributed by atoms with Crippen molar-refractivity contribution in [3.63, 3.8) is 0 Å². The van der Waals surface area contributed by atoms with E-state index in [2.05, 4.69) is 92.7 Å². The number of unbranched alkanes of at least 4 members (excludes halogenated alkanes) is 2. The van der Waals surface area contributed by atoms with Gasteiger partial charge in [0.15, 0.2) is 0 Å². The van der Waals surface area contributed by atoms with E-state index >= 15 is 0 Å². The molecule has 50 heavy (non-hydrogen) atoms. The van der Waals surface area contributed by atoms with Crippen LogP contribution in [0.25, 0.3) is 0 Å². The van der Waals surface area contributed by atoms with Gasteiger partial charge in [0.25, 0.3) is 0 Å². The van der Waals surface area contributed by atoms with Crippen LogP contribution in [0.15, 0.2) is 78.9 Å². The summed E-state index contributed by atoms with van der Waals surface area (Å²) in [7, 11) is 0. The topological polar surface area (TPSA) is 18.5 Å². The lowest BCUT2D eigenvalue weighted by atomic mass is 9.78. The molecule has 2 fully saturated rings. The summed E-state index contributed by atoms with van der Waals surface area (Å²) in [6.07, 6.45) is 27.9. The van der Waals surface area contributed by atoms with Gasteiger partial charge in [0.2, 0.25) is 0 Å². The summed E-state index contributed by atoms with van der Waals surface area (Å²) in [4.78, 5) is 0. The fraction of sp³-hybridized carbons (Fsp3) is 0.625. The van der Waals surface area contributed by atoms with Crippen molar-refractivity contribution in [2.24, 2.45) is 23.7 Å². The SMILES string of the molecule is CCC[C@H]1CC[C@H](CCCCc2ccc(COC[C@H](OCc3ccc(CCCC[C@H]4CC[C@H](CCC)CC4)cc3)c3ccccc3)cc2)CC1. The second-order valence-electron chi connectivity index (χ2n) is 16.2. The molecule has 0 heterocycles. The quantitative estimate of drug-likeness (QED) is 0.0985. The van der Waals surface area contributed by atoms with Crippen LogP contribution in [-0.2, 0) is 35.5 Å². The summed E-state index contributed by atoms with van der Waals surface area (Å²) in [5.74, 6) is 4.01. The van der Waals surface area contributed by atoms with Crippen LogP contribution in [0.5, 0.6) is 0 Å². The lowest BCUT2D eigenvalue weighted by Gasteiger charge is -2.28. The molecule has 0 aliphatic heterocycles. The van der Waals surface area contributed by atoms with E-state index in [9.17, 15) is 0 Å². The highest BCUT2D eigenvalue weighted by Crippen LogP contribution is 2.35. The molecule has 3 aromatic carbocycles. The first kappa shape index (κ1) is 38.8. The number of benzene rings is 3. The van der Waals surface area contributed by atoms with E-state index in [0.29, 0.717) is 19.8 Å². The molecule has 0 unspecified atom stereocenters. The fourth-order valence-corrected chi connectivity index (χ4v) is 8.95. The lowest BCUT2D eigenvalue weighted by molar-refractivity contribution is -0.0313. The molecule has 0 saturated heterocycles. The van der Waals surface area contributed by atoms with Crippen molar-refractivity contribution in [2.75, 3.05) is 6.61 Å². The summed E-state index contributed by atoms with van der Waals surface area (Å²) in [6.45, 7) is 6.43. The van der Waals surface area contributed by atoms with Gasteiger partial charge in [-0.2, -0.15) is 0 Å². The van der Waals surface area contributed by atoms with Crippen molar-refractivity contribution >= 4 is 0 Å². The maximum absolute atomic E-state index is 6.49. The maximum atomic E-state index is 6.49. The molecule has 0 bridgehead atoms. The van der Waals surface area contributed by atoms with Crippen LogP contribution in [0.2, 0.25) is 0 Å². The number of rotatable bonds is 22. The summed E-state index contributed by atoms with van der Waals surface area (Å²) < 4.78 is 12.8. The Bertz CT molecular complexity index is 1270. The van der Waals surface area contributed by atoms with Crippen LogP contribution in [0, 0.1) is 23.7 Å². The molecular weight excluding hydrogens is 609 g/mol. The Kier molecular flexibility index (Phi) is 17.5. The molecule has 3 aromatic rings. The van der Waals surface area contributed by atoms with E-state index in [0.717, 1.165) is 23.7 Å². The van der Waals surface area contributed by atoms with Gasteiger partial charge in [-0.05, 0) is 77.2 Å². The second-order valence-corrected chi connectivity index (χ2v) is 16.2. The molecule has 2 saturated carbocycles. The Balaban J connectivity index is 0.972. The van der Waals surface area contributed by atoms with Gasteiger partial charge in [-0.3, -0.25) is 0 Å². The highest BCUT2D eigenvalue weighted by molar-refractivity contribution is 5.24. The van der Waals surface area contributed by atoms with Gasteiger partial charge < -0.3 is 9.47 Å². The van der Waals surface area contributed by atoms with Crippen LogP contribution in [-0.4, -0.2) is 6.61 Å². The third-order valence-electron chi connectivity index (χ3n) is 12.2. The number of ether oxygens (including phenoxy) is 2. The molecule has 2 aliphatic rings. The predicted octanol–water partition coefficient (Wildman–Crippen LogP) is 13.8. The Morgan fingerprint density at radius 2 is 0.900 bits per heavy atom. The molecule has 0 N–H and O–H groups in total. The third-order valence-corrected chi connectivity index (χ3v) is 12.2. The van der Waals surface area contributed by atoms with Gasteiger partial charge in [-0.25, -0.2) is 0 Å². The number of hydrogen-bond donors (Lipinski definition) is 0. The molecule has 1 atom stereocenters. The van der Waals surface area contributed by atoms with Crippen molar-refractivity contribution in [1.29, 1.82) is 0 Å². The van der Waals surface area contributed by atoms with Crippen LogP contribution >= 0.6 is 0 Å². The maximum Gasteiger partial charge on any atom is 0.106 e. The van der Waals surface area contributed by atoms with Gasteiger partial charge in [-0.1, -0.05) is 195 Å². The summed E-state index contributed by atoms with van der Waals surface area (Å²) in [5.41, 5.74) is 6.55. The fourth-order valence-electron chi connectivity index (χ4n) is 8.95.